The summed E-state index contributed by atoms with van der Waals surface area (Å²) >= 11 is 0. The first-order valence-electron chi connectivity index (χ1n) is 7.53. The lowest BCUT2D eigenvalue weighted by Gasteiger charge is -2.12. The van der Waals surface area contributed by atoms with Crippen LogP contribution in [0.15, 0.2) is 18.2 Å². The molecule has 0 amide bonds. The van der Waals surface area contributed by atoms with Crippen LogP contribution in [-0.2, 0) is 13.0 Å². The van der Waals surface area contributed by atoms with Crippen molar-refractivity contribution in [3.05, 3.63) is 29.6 Å². The minimum Gasteiger partial charge on any atom is -0.327 e. The summed E-state index contributed by atoms with van der Waals surface area (Å²) in [6.45, 7) is 6.32. The van der Waals surface area contributed by atoms with Crippen molar-refractivity contribution in [2.24, 2.45) is 0 Å². The maximum absolute atomic E-state index is 9.01. The van der Waals surface area contributed by atoms with Gasteiger partial charge in [-0.2, -0.15) is 5.26 Å². The number of benzene rings is 1. The zero-order chi connectivity index (χ0) is 15.4. The van der Waals surface area contributed by atoms with Gasteiger partial charge in [0.1, 0.15) is 5.82 Å². The highest BCUT2D eigenvalue weighted by atomic mass is 15.1. The predicted molar refractivity (Wildman–Crippen MR) is 86.3 cm³/mol. The van der Waals surface area contributed by atoms with Crippen molar-refractivity contribution in [2.75, 3.05) is 20.6 Å². The average molecular weight is 284 g/mol. The summed E-state index contributed by atoms with van der Waals surface area (Å²) in [7, 11) is 4.16. The van der Waals surface area contributed by atoms with E-state index in [4.69, 9.17) is 5.26 Å². The van der Waals surface area contributed by atoms with Crippen molar-refractivity contribution >= 4 is 11.0 Å². The van der Waals surface area contributed by atoms with Crippen LogP contribution < -0.4 is 0 Å². The van der Waals surface area contributed by atoms with Gasteiger partial charge in [-0.3, -0.25) is 0 Å². The van der Waals surface area contributed by atoms with Crippen LogP contribution >= 0.6 is 0 Å². The Kier molecular flexibility index (Phi) is 4.98. The summed E-state index contributed by atoms with van der Waals surface area (Å²) in [5.41, 5.74) is 3.45. The molecule has 0 aliphatic carbocycles. The van der Waals surface area contributed by atoms with Crippen molar-refractivity contribution in [1.82, 2.24) is 14.5 Å². The number of imidazole rings is 1. The molecule has 0 bridgehead atoms. The molecule has 2 aromatic rings. The summed E-state index contributed by atoms with van der Waals surface area (Å²) in [5, 5.41) is 9.01. The van der Waals surface area contributed by atoms with Gasteiger partial charge in [-0.15, -0.1) is 0 Å². The van der Waals surface area contributed by atoms with Crippen molar-refractivity contribution in [1.29, 1.82) is 5.26 Å². The number of hydrogen-bond donors (Lipinski definition) is 0. The third-order valence-corrected chi connectivity index (χ3v) is 3.74. The topological polar surface area (TPSA) is 44.9 Å². The van der Waals surface area contributed by atoms with Crippen molar-refractivity contribution < 1.29 is 0 Å². The highest BCUT2D eigenvalue weighted by molar-refractivity contribution is 5.77. The van der Waals surface area contributed by atoms with E-state index in [9.17, 15) is 0 Å². The molecule has 1 heterocycles. The van der Waals surface area contributed by atoms with Gasteiger partial charge in [0.15, 0.2) is 0 Å². The van der Waals surface area contributed by atoms with Crippen LogP contribution in [0.4, 0.5) is 0 Å². The van der Waals surface area contributed by atoms with Crippen LogP contribution in [0, 0.1) is 11.3 Å². The van der Waals surface area contributed by atoms with Gasteiger partial charge in [0, 0.05) is 6.54 Å². The zero-order valence-corrected chi connectivity index (χ0v) is 13.4. The van der Waals surface area contributed by atoms with Gasteiger partial charge in [0.05, 0.1) is 23.5 Å². The summed E-state index contributed by atoms with van der Waals surface area (Å²) < 4.78 is 2.20. The molecule has 0 radical (unpaired) electrons. The lowest BCUT2D eigenvalue weighted by Crippen LogP contribution is -2.15. The third-order valence-electron chi connectivity index (χ3n) is 3.74. The average Bonchev–Trinajstić information content (AvgIpc) is 2.76. The van der Waals surface area contributed by atoms with E-state index in [2.05, 4.69) is 66.7 Å². The monoisotopic (exact) mass is 284 g/mol. The van der Waals surface area contributed by atoms with Gasteiger partial charge in [0.25, 0.3) is 0 Å². The van der Waals surface area contributed by atoms with E-state index < -0.39 is 0 Å². The molecular formula is C17H24N4. The molecule has 0 saturated carbocycles. The van der Waals surface area contributed by atoms with E-state index in [1.54, 1.807) is 0 Å². The van der Waals surface area contributed by atoms with Crippen molar-refractivity contribution in [2.45, 2.75) is 39.2 Å². The number of aryl methyl sites for hydroxylation is 1. The Labute approximate surface area is 127 Å². The summed E-state index contributed by atoms with van der Waals surface area (Å²) in [4.78, 5) is 6.85. The second-order valence-electron chi connectivity index (χ2n) is 6.07. The van der Waals surface area contributed by atoms with Crippen LogP contribution in [0.25, 0.3) is 11.0 Å². The molecule has 1 aromatic heterocycles. The molecule has 0 saturated heterocycles. The van der Waals surface area contributed by atoms with Crippen LogP contribution in [0.5, 0.6) is 0 Å². The Hall–Kier alpha value is -1.86. The minimum absolute atomic E-state index is 0.369. The highest BCUT2D eigenvalue weighted by Crippen LogP contribution is 2.23. The van der Waals surface area contributed by atoms with E-state index >= 15 is 0 Å². The molecule has 0 spiro atoms. The highest BCUT2D eigenvalue weighted by Gasteiger charge is 2.11. The van der Waals surface area contributed by atoms with E-state index in [0.29, 0.717) is 12.3 Å². The fourth-order valence-corrected chi connectivity index (χ4v) is 2.56. The Balaban J connectivity index is 2.36. The van der Waals surface area contributed by atoms with Gasteiger partial charge in [-0.1, -0.05) is 19.9 Å². The fraction of sp³-hybridized carbons (Fsp3) is 0.529. The second kappa shape index (κ2) is 6.73. The largest absolute Gasteiger partial charge is 0.327 e. The molecule has 2 rings (SSSR count). The van der Waals surface area contributed by atoms with Gasteiger partial charge >= 0.3 is 0 Å². The first kappa shape index (κ1) is 15.5. The van der Waals surface area contributed by atoms with Crippen molar-refractivity contribution in [3.8, 4) is 6.07 Å². The van der Waals surface area contributed by atoms with Crippen molar-refractivity contribution in [3.63, 3.8) is 0 Å². The summed E-state index contributed by atoms with van der Waals surface area (Å²) in [6, 6.07) is 8.71. The maximum atomic E-state index is 9.01. The molecule has 0 atom stereocenters. The lowest BCUT2D eigenvalue weighted by atomic mass is 10.0. The molecule has 0 fully saturated rings. The normalized spacial score (nSPS) is 11.5. The van der Waals surface area contributed by atoms with Gasteiger partial charge in [-0.25, -0.2) is 4.98 Å². The van der Waals surface area contributed by atoms with E-state index in [-0.39, 0.29) is 0 Å². The van der Waals surface area contributed by atoms with Gasteiger partial charge < -0.3 is 9.47 Å². The number of rotatable bonds is 6. The maximum Gasteiger partial charge on any atom is 0.124 e. The first-order valence-corrected chi connectivity index (χ1v) is 7.53. The lowest BCUT2D eigenvalue weighted by molar-refractivity contribution is 0.386. The third kappa shape index (κ3) is 3.62. The Morgan fingerprint density at radius 1 is 1.33 bits per heavy atom. The SMILES string of the molecule is CC(C)c1ccc2c(c1)nc(CC#N)n2CCCN(C)C. The smallest absolute Gasteiger partial charge is 0.124 e. The summed E-state index contributed by atoms with van der Waals surface area (Å²) in [5.74, 6) is 1.37. The Morgan fingerprint density at radius 3 is 2.71 bits per heavy atom. The van der Waals surface area contributed by atoms with Crippen LogP contribution in [0.2, 0.25) is 0 Å². The molecular weight excluding hydrogens is 260 g/mol. The molecule has 0 aliphatic heterocycles. The van der Waals surface area contributed by atoms with Crippen LogP contribution in [0.1, 0.15) is 37.6 Å². The Bertz CT molecular complexity index is 647. The number of nitrogens with zero attached hydrogens (tertiary/aromatic N) is 4. The molecule has 112 valence electrons. The standard InChI is InChI=1S/C17H24N4/c1-13(2)14-6-7-16-15(12-14)19-17(8-9-18)21(16)11-5-10-20(3)4/h6-7,12-13H,5,8,10-11H2,1-4H3. The molecule has 21 heavy (non-hydrogen) atoms. The van der Waals surface area contributed by atoms with E-state index in [1.807, 2.05) is 0 Å². The Morgan fingerprint density at radius 2 is 2.10 bits per heavy atom. The fourth-order valence-electron chi connectivity index (χ4n) is 2.56. The van der Waals surface area contributed by atoms with Gasteiger partial charge in [-0.05, 0) is 50.7 Å². The molecule has 0 unspecified atom stereocenters. The number of nitriles is 1. The minimum atomic E-state index is 0.369. The molecule has 4 heteroatoms. The number of hydrogen-bond acceptors (Lipinski definition) is 3. The van der Waals surface area contributed by atoms with Crippen LogP contribution in [-0.4, -0.2) is 35.1 Å². The number of aromatic nitrogens is 2. The van der Waals surface area contributed by atoms with Gasteiger partial charge in [0.2, 0.25) is 0 Å². The number of fused-ring (bicyclic) bond motifs is 1. The molecule has 0 N–H and O–H groups in total. The van der Waals surface area contributed by atoms with E-state index in [0.717, 1.165) is 36.4 Å². The van der Waals surface area contributed by atoms with Crippen LogP contribution in [0.3, 0.4) is 0 Å². The quantitative estimate of drug-likeness (QED) is 0.818. The second-order valence-corrected chi connectivity index (χ2v) is 6.07. The first-order chi connectivity index (χ1) is 10.0. The molecule has 4 nitrogen and oxygen atoms in total. The summed E-state index contributed by atoms with van der Waals surface area (Å²) in [6.07, 6.45) is 1.43. The molecule has 0 aliphatic rings. The zero-order valence-electron chi connectivity index (χ0n) is 13.4. The molecule has 1 aromatic carbocycles. The van der Waals surface area contributed by atoms with E-state index in [1.165, 1.54) is 5.56 Å². The predicted octanol–water partition coefficient (Wildman–Crippen LogP) is 3.18.